The van der Waals surface area contributed by atoms with Gasteiger partial charge in [-0.25, -0.2) is 19.6 Å². The van der Waals surface area contributed by atoms with Crippen LogP contribution in [0.5, 0.6) is 0 Å². The number of rotatable bonds is 12. The minimum Gasteiger partial charge on any atom is -0.453 e. The topological polar surface area (TPSA) is 181 Å². The molecule has 4 aliphatic heterocycles. The van der Waals surface area contributed by atoms with Crippen molar-refractivity contribution in [3.8, 4) is 0 Å². The number of aromatic amines is 2. The Morgan fingerprint density at radius 3 is 1.54 bits per heavy atom. The van der Waals surface area contributed by atoms with Crippen LogP contribution in [0.1, 0.15) is 138 Å². The van der Waals surface area contributed by atoms with E-state index in [1.807, 2.05) is 75.1 Å². The van der Waals surface area contributed by atoms with E-state index in [0.29, 0.717) is 80.2 Å². The number of benzene rings is 3. The maximum Gasteiger partial charge on any atom is 0.418 e. The fourth-order valence-electron chi connectivity index (χ4n) is 11.4. The van der Waals surface area contributed by atoms with Crippen molar-refractivity contribution < 1.29 is 41.8 Å². The van der Waals surface area contributed by atoms with Crippen molar-refractivity contribution in [2.75, 3.05) is 50.2 Å². The summed E-state index contributed by atoms with van der Waals surface area (Å²) in [6.45, 7) is 9.63. The summed E-state index contributed by atoms with van der Waals surface area (Å²) < 4.78 is 55.3. The quantitative estimate of drug-likeness (QED) is 0.0940. The molecule has 6 atom stereocenters. The number of methoxy groups -OCH3 is 2. The van der Waals surface area contributed by atoms with E-state index >= 15 is 13.2 Å². The molecule has 4 aliphatic rings. The number of fused-ring (bicyclic) bond motifs is 2. The van der Waals surface area contributed by atoms with E-state index in [9.17, 15) is 19.2 Å². The van der Waals surface area contributed by atoms with Gasteiger partial charge in [0.05, 0.1) is 66.0 Å². The molecule has 4 saturated heterocycles. The van der Waals surface area contributed by atoms with Crippen LogP contribution in [0.25, 0.3) is 22.1 Å². The van der Waals surface area contributed by atoms with Crippen LogP contribution >= 0.6 is 0 Å². The second kappa shape index (κ2) is 20.3. The van der Waals surface area contributed by atoms with Crippen molar-refractivity contribution in [2.45, 2.75) is 128 Å². The molecule has 380 valence electrons. The highest BCUT2D eigenvalue weighted by Crippen LogP contribution is 2.50. The summed E-state index contributed by atoms with van der Waals surface area (Å²) in [5.74, 6) is 0.458. The van der Waals surface area contributed by atoms with Gasteiger partial charge in [-0.3, -0.25) is 9.59 Å². The van der Waals surface area contributed by atoms with E-state index in [0.717, 1.165) is 54.3 Å². The number of halogens is 3. The van der Waals surface area contributed by atoms with E-state index in [2.05, 4.69) is 25.5 Å². The van der Waals surface area contributed by atoms with Crippen LogP contribution in [-0.2, 0) is 25.2 Å². The van der Waals surface area contributed by atoms with Gasteiger partial charge in [-0.15, -0.1) is 0 Å². The number of likely N-dealkylation sites (tertiary alicyclic amines) is 2. The molecule has 4 amide bonds. The Hall–Kier alpha value is -6.53. The number of H-pyrrole nitrogens is 2. The number of amides is 4. The molecule has 0 saturated carbocycles. The molecule has 0 bridgehead atoms. The number of ether oxygens (including phenoxy) is 2. The SMILES string of the molecule is COC(=O)NC(C(=O)N1CCCC1c1nc2ccc([C@H]3CCC(c4ccc5nc([C@@H]6CCCN6C(=O)[C@@H](NC(=O)OC)C(C)C)[nH]c5c4)N3c3ccc(N4CCCCC4)c(C(F)(F)F)c3)cc2[nH]1)C(C)C. The Kier molecular flexibility index (Phi) is 14.1. The summed E-state index contributed by atoms with van der Waals surface area (Å²) in [6, 6.07) is 13.8. The number of carbonyl (C=O) groups excluding carboxylic acids is 4. The summed E-state index contributed by atoms with van der Waals surface area (Å²) in [7, 11) is 2.53. The first-order valence-electron chi connectivity index (χ1n) is 25.1. The number of nitrogens with one attached hydrogen (secondary N) is 4. The molecule has 16 nitrogen and oxygen atoms in total. The van der Waals surface area contributed by atoms with Gasteiger partial charge in [-0.2, -0.15) is 13.2 Å². The molecule has 3 unspecified atom stereocenters. The fraction of sp³-hybridized carbons (Fsp3) is 0.538. The van der Waals surface area contributed by atoms with Gasteiger partial charge < -0.3 is 49.7 Å². The Labute approximate surface area is 411 Å². The Morgan fingerprint density at radius 2 is 1.10 bits per heavy atom. The average molecular weight is 983 g/mol. The minimum absolute atomic E-state index is 0.187. The largest absolute Gasteiger partial charge is 0.453 e. The van der Waals surface area contributed by atoms with Crippen LogP contribution in [0.3, 0.4) is 0 Å². The molecule has 5 aromatic rings. The molecule has 0 radical (unpaired) electrons. The monoisotopic (exact) mass is 983 g/mol. The molecular formula is C52H65F3N10O6. The van der Waals surface area contributed by atoms with Crippen LogP contribution in [0, 0.1) is 11.8 Å². The summed E-state index contributed by atoms with van der Waals surface area (Å²) in [5, 5.41) is 5.40. The van der Waals surface area contributed by atoms with Gasteiger partial charge in [0.25, 0.3) is 0 Å². The second-order valence-electron chi connectivity index (χ2n) is 20.2. The third-order valence-electron chi connectivity index (χ3n) is 15.0. The molecule has 71 heavy (non-hydrogen) atoms. The summed E-state index contributed by atoms with van der Waals surface area (Å²) in [4.78, 5) is 76.7. The zero-order valence-corrected chi connectivity index (χ0v) is 41.3. The zero-order valence-electron chi connectivity index (χ0n) is 41.3. The third-order valence-corrected chi connectivity index (χ3v) is 15.0. The number of carbonyl (C=O) groups is 4. The van der Waals surface area contributed by atoms with Gasteiger partial charge in [-0.1, -0.05) is 39.8 Å². The van der Waals surface area contributed by atoms with Crippen LogP contribution in [-0.4, -0.2) is 106 Å². The van der Waals surface area contributed by atoms with Gasteiger partial charge in [-0.05, 0) is 123 Å². The standard InChI is InChI=1S/C52H65F3N10O6/c1-29(2)44(60-50(68)70-5)48(66)63-24-10-12-42(63)46-56-35-17-14-31(26-37(35)58-46)39-20-21-40(65(39)33-16-19-41(34(28-33)52(53,54)55)62-22-8-7-9-23-62)32-15-18-36-38(27-32)59-47(57-36)43-13-11-25-64(43)49(67)45(30(3)4)61-51(69)71-6/h14-19,26-30,39-40,42-45H,7-13,20-25H2,1-6H3,(H,56,58)(H,57,59)(H,60,68)(H,61,69)/t39-,40?,42?,43+,44?,45+/m1/s1. The Balaban J connectivity index is 1.05. The summed E-state index contributed by atoms with van der Waals surface area (Å²) in [5.41, 5.74) is 4.71. The van der Waals surface area contributed by atoms with Gasteiger partial charge in [0.1, 0.15) is 23.7 Å². The number of imidazole rings is 2. The summed E-state index contributed by atoms with van der Waals surface area (Å²) >= 11 is 0. The predicted octanol–water partition coefficient (Wildman–Crippen LogP) is 9.62. The molecule has 3 aromatic carbocycles. The van der Waals surface area contributed by atoms with E-state index in [1.165, 1.54) is 20.3 Å². The number of piperidine rings is 1. The van der Waals surface area contributed by atoms with Crippen LogP contribution in [0.2, 0.25) is 0 Å². The minimum atomic E-state index is -4.59. The van der Waals surface area contributed by atoms with E-state index in [4.69, 9.17) is 19.4 Å². The van der Waals surface area contributed by atoms with Gasteiger partial charge in [0.15, 0.2) is 0 Å². The molecule has 0 spiro atoms. The number of nitrogens with zero attached hydrogens (tertiary/aromatic N) is 6. The van der Waals surface area contributed by atoms with E-state index in [1.54, 1.807) is 15.9 Å². The van der Waals surface area contributed by atoms with Crippen molar-refractivity contribution in [3.63, 3.8) is 0 Å². The first-order chi connectivity index (χ1) is 34.0. The van der Waals surface area contributed by atoms with Gasteiger partial charge in [0, 0.05) is 37.6 Å². The molecular weight excluding hydrogens is 918 g/mol. The molecule has 2 aromatic heterocycles. The highest BCUT2D eigenvalue weighted by atomic mass is 19.4. The Bertz CT molecular complexity index is 2620. The fourth-order valence-corrected chi connectivity index (χ4v) is 11.4. The van der Waals surface area contributed by atoms with Crippen LogP contribution in [0.4, 0.5) is 34.1 Å². The lowest BCUT2D eigenvalue weighted by Crippen LogP contribution is -2.51. The predicted molar refractivity (Wildman–Crippen MR) is 263 cm³/mol. The summed E-state index contributed by atoms with van der Waals surface area (Å²) in [6.07, 6.45) is 0.890. The normalized spacial score (nSPS) is 21.7. The average Bonchev–Trinajstić information content (AvgIpc) is 4.22. The van der Waals surface area contributed by atoms with Crippen molar-refractivity contribution in [2.24, 2.45) is 11.8 Å². The zero-order chi connectivity index (χ0) is 50.3. The lowest BCUT2D eigenvalue weighted by Gasteiger charge is -2.35. The van der Waals surface area contributed by atoms with Gasteiger partial charge >= 0.3 is 18.4 Å². The third kappa shape index (κ3) is 9.92. The second-order valence-corrected chi connectivity index (χ2v) is 20.2. The molecule has 4 fully saturated rings. The van der Waals surface area contributed by atoms with E-state index in [-0.39, 0.29) is 53.5 Å². The first kappa shape index (κ1) is 49.5. The van der Waals surface area contributed by atoms with Gasteiger partial charge in [0.2, 0.25) is 11.8 Å². The van der Waals surface area contributed by atoms with Crippen LogP contribution in [0.15, 0.2) is 54.6 Å². The lowest BCUT2D eigenvalue weighted by atomic mass is 10.0. The molecule has 9 rings (SSSR count). The molecule has 19 heteroatoms. The maximum atomic E-state index is 15.2. The molecule has 0 aliphatic carbocycles. The lowest BCUT2D eigenvalue weighted by molar-refractivity contribution is -0.137. The smallest absolute Gasteiger partial charge is 0.418 e. The highest BCUT2D eigenvalue weighted by molar-refractivity contribution is 5.88. The highest BCUT2D eigenvalue weighted by Gasteiger charge is 2.42. The number of alkyl carbamates (subject to hydrolysis) is 2. The van der Waals surface area contributed by atoms with Crippen molar-refractivity contribution in [3.05, 3.63) is 82.9 Å². The number of alkyl halides is 3. The van der Waals surface area contributed by atoms with Crippen molar-refractivity contribution in [1.29, 1.82) is 0 Å². The number of hydrogen-bond acceptors (Lipinski definition) is 10. The first-order valence-corrected chi connectivity index (χ1v) is 25.1. The molecule has 4 N–H and O–H groups in total. The Morgan fingerprint density at radius 1 is 0.620 bits per heavy atom. The van der Waals surface area contributed by atoms with Crippen LogP contribution < -0.4 is 20.4 Å². The molecule has 6 heterocycles. The van der Waals surface area contributed by atoms with Crippen molar-refractivity contribution >= 4 is 57.4 Å². The number of aromatic nitrogens is 4. The number of hydrogen-bond donors (Lipinski definition) is 4. The van der Waals surface area contributed by atoms with Crippen molar-refractivity contribution in [1.82, 2.24) is 40.4 Å². The maximum absolute atomic E-state index is 15.2. The number of anilines is 2. The van der Waals surface area contributed by atoms with E-state index < -0.39 is 36.0 Å².